The number of carbonyl (C=O) groups excluding carboxylic acids is 1. The number of aliphatic hydroxyl groups is 1. The molecule has 0 aliphatic carbocycles. The first kappa shape index (κ1) is 32.7. The van der Waals surface area contributed by atoms with Gasteiger partial charge in [-0.1, -0.05) is 0 Å². The number of phosphoric ester groups is 1. The van der Waals surface area contributed by atoms with E-state index in [0.717, 1.165) is 12.1 Å². The van der Waals surface area contributed by atoms with Gasteiger partial charge in [-0.25, -0.2) is 4.57 Å². The van der Waals surface area contributed by atoms with Crippen LogP contribution in [0.5, 0.6) is 0 Å². The Balaban J connectivity index is 3.26. The number of nitrogens with one attached hydrogen (secondary N) is 1. The first-order chi connectivity index (χ1) is 16.9. The summed E-state index contributed by atoms with van der Waals surface area (Å²) in [6, 6.07) is 1.63. The molecule has 0 fully saturated rings. The molecule has 14 nitrogen and oxygen atoms in total. The lowest BCUT2D eigenvalue weighted by atomic mass is 10.1. The first-order valence-corrected chi connectivity index (χ1v) is 13.3. The molecule has 0 unspecified atom stereocenters. The van der Waals surface area contributed by atoms with Gasteiger partial charge >= 0.3 is 7.82 Å². The van der Waals surface area contributed by atoms with Crippen molar-refractivity contribution in [2.24, 2.45) is 0 Å². The molecule has 1 amide bonds. The number of phosphoric acid groups is 1. The van der Waals surface area contributed by atoms with Crippen molar-refractivity contribution in [1.29, 1.82) is 0 Å². The first-order valence-electron chi connectivity index (χ1n) is 11.3. The van der Waals surface area contributed by atoms with Gasteiger partial charge in [0.15, 0.2) is 0 Å². The second-order valence-corrected chi connectivity index (χ2v) is 11.6. The molecule has 2 N–H and O–H groups in total. The Hall–Kier alpha value is -2.35. The molecular weight excluding hydrogens is 535 g/mol. The van der Waals surface area contributed by atoms with Crippen LogP contribution in [0.15, 0.2) is 12.1 Å². The van der Waals surface area contributed by atoms with E-state index in [-0.39, 0.29) is 43.4 Å². The smallest absolute Gasteiger partial charge is 0.395 e. The largest absolute Gasteiger partial charge is 0.475 e. The number of anilines is 1. The number of alkyl halides is 1. The van der Waals surface area contributed by atoms with E-state index in [9.17, 15) is 34.7 Å². The predicted octanol–water partition coefficient (Wildman–Crippen LogP) is 4.03. The number of amides is 1. The summed E-state index contributed by atoms with van der Waals surface area (Å²) in [7, 11) is -4.06. The van der Waals surface area contributed by atoms with E-state index in [4.69, 9.17) is 25.2 Å². The monoisotopic (exact) mass is 568 g/mol. The molecular formula is C21H34ClN4O10P. The highest BCUT2D eigenvalue weighted by Crippen LogP contribution is 2.55. The molecule has 0 aromatic heterocycles. The molecule has 16 heteroatoms. The Morgan fingerprint density at radius 3 is 2.08 bits per heavy atom. The number of non-ortho nitro benzene ring substituents is 1. The fourth-order valence-electron chi connectivity index (χ4n) is 3.07. The summed E-state index contributed by atoms with van der Waals surface area (Å²) in [5.41, 5.74) is -3.73. The van der Waals surface area contributed by atoms with Crippen LogP contribution in [-0.4, -0.2) is 70.8 Å². The predicted molar refractivity (Wildman–Crippen MR) is 137 cm³/mol. The quantitative estimate of drug-likeness (QED) is 0.108. The van der Waals surface area contributed by atoms with Crippen LogP contribution in [0.3, 0.4) is 0 Å². The van der Waals surface area contributed by atoms with E-state index in [1.165, 1.54) is 4.90 Å². The van der Waals surface area contributed by atoms with Gasteiger partial charge < -0.3 is 15.3 Å². The van der Waals surface area contributed by atoms with Crippen molar-refractivity contribution in [3.05, 3.63) is 37.9 Å². The summed E-state index contributed by atoms with van der Waals surface area (Å²) in [6.07, 6.45) is 0. The molecule has 37 heavy (non-hydrogen) atoms. The van der Waals surface area contributed by atoms with Crippen LogP contribution < -0.4 is 10.2 Å². The molecule has 0 aliphatic heterocycles. The zero-order valence-corrected chi connectivity index (χ0v) is 23.3. The van der Waals surface area contributed by atoms with Gasteiger partial charge in [-0.15, -0.1) is 11.6 Å². The van der Waals surface area contributed by atoms with Crippen LogP contribution in [0.4, 0.5) is 17.1 Å². The van der Waals surface area contributed by atoms with Gasteiger partial charge in [0.05, 0.1) is 45.9 Å². The van der Waals surface area contributed by atoms with Crippen molar-refractivity contribution >= 4 is 42.4 Å². The summed E-state index contributed by atoms with van der Waals surface area (Å²) < 4.78 is 29.5. The average molecular weight is 569 g/mol. The van der Waals surface area contributed by atoms with Crippen LogP contribution in [0.1, 0.15) is 51.9 Å². The minimum atomic E-state index is -4.06. The third-order valence-corrected chi connectivity index (χ3v) is 6.39. The number of hydrogen-bond donors (Lipinski definition) is 2. The van der Waals surface area contributed by atoms with Crippen molar-refractivity contribution in [2.45, 2.75) is 52.7 Å². The van der Waals surface area contributed by atoms with Gasteiger partial charge in [-0.05, 0) is 41.5 Å². The highest BCUT2D eigenvalue weighted by molar-refractivity contribution is 7.48. The normalized spacial score (nSPS) is 12.3. The molecule has 1 aromatic carbocycles. The summed E-state index contributed by atoms with van der Waals surface area (Å²) in [6.45, 7) is 8.86. The third-order valence-electron chi connectivity index (χ3n) is 4.18. The number of hydrogen-bond acceptors (Lipinski definition) is 11. The van der Waals surface area contributed by atoms with Gasteiger partial charge in [0.1, 0.15) is 5.69 Å². The van der Waals surface area contributed by atoms with E-state index in [2.05, 4.69) is 5.32 Å². The Morgan fingerprint density at radius 1 is 1.08 bits per heavy atom. The molecule has 0 radical (unpaired) electrons. The molecule has 0 bridgehead atoms. The minimum absolute atomic E-state index is 0.000119. The summed E-state index contributed by atoms with van der Waals surface area (Å²) >= 11 is 5.80. The standard InChI is InChI=1S/C21H34ClN4O10P/c1-20(2,3)35-37(33,36-21(4,5)6)34-12-8-23-19(28)16-13-15(25(29)30)14-17(26(31)32)18(16)24(9-7-22)10-11-27/h13-14,27H,7-12H2,1-6H3,(H,23,28). The van der Waals surface area contributed by atoms with Crippen LogP contribution in [0.2, 0.25) is 0 Å². The Kier molecular flexibility index (Phi) is 11.9. The summed E-state index contributed by atoms with van der Waals surface area (Å²) in [4.78, 5) is 35.7. The molecule has 1 aromatic rings. The van der Waals surface area contributed by atoms with Crippen molar-refractivity contribution in [1.82, 2.24) is 5.32 Å². The topological polar surface area (TPSA) is 184 Å². The van der Waals surface area contributed by atoms with Gasteiger partial charge in [-0.2, -0.15) is 0 Å². The maximum absolute atomic E-state index is 13.1. The molecule has 0 spiro atoms. The van der Waals surface area contributed by atoms with Crippen LogP contribution in [-0.2, 0) is 18.1 Å². The van der Waals surface area contributed by atoms with E-state index in [1.807, 2.05) is 0 Å². The van der Waals surface area contributed by atoms with Crippen molar-refractivity contribution in [3.63, 3.8) is 0 Å². The maximum Gasteiger partial charge on any atom is 0.475 e. The molecule has 0 aliphatic rings. The fourth-order valence-corrected chi connectivity index (χ4v) is 5.08. The number of carbonyl (C=O) groups is 1. The van der Waals surface area contributed by atoms with E-state index in [0.29, 0.717) is 0 Å². The molecule has 0 saturated heterocycles. The fraction of sp³-hybridized carbons (Fsp3) is 0.667. The lowest BCUT2D eigenvalue weighted by Gasteiger charge is -2.30. The van der Waals surface area contributed by atoms with Crippen LogP contribution in [0, 0.1) is 20.2 Å². The van der Waals surface area contributed by atoms with Crippen molar-refractivity contribution in [3.8, 4) is 0 Å². The number of rotatable bonds is 14. The highest BCUT2D eigenvalue weighted by atomic mass is 35.5. The zero-order chi connectivity index (χ0) is 28.6. The number of benzene rings is 1. The lowest BCUT2D eigenvalue weighted by Crippen LogP contribution is -2.34. The van der Waals surface area contributed by atoms with Gasteiger partial charge in [0.2, 0.25) is 0 Å². The van der Waals surface area contributed by atoms with Gasteiger partial charge in [-0.3, -0.25) is 38.6 Å². The minimum Gasteiger partial charge on any atom is -0.395 e. The highest BCUT2D eigenvalue weighted by Gasteiger charge is 2.37. The third kappa shape index (κ3) is 10.9. The van der Waals surface area contributed by atoms with E-state index < -0.39 is 52.8 Å². The molecule has 0 heterocycles. The number of nitro groups is 2. The molecule has 0 atom stereocenters. The number of nitrogens with zero attached hydrogens (tertiary/aromatic N) is 3. The second-order valence-electron chi connectivity index (χ2n) is 9.72. The lowest BCUT2D eigenvalue weighted by molar-refractivity contribution is -0.393. The van der Waals surface area contributed by atoms with Crippen LogP contribution >= 0.6 is 19.4 Å². The Labute approximate surface area is 220 Å². The van der Waals surface area contributed by atoms with Gasteiger partial charge in [0.25, 0.3) is 17.3 Å². The summed E-state index contributed by atoms with van der Waals surface area (Å²) in [5.74, 6) is -0.897. The van der Waals surface area contributed by atoms with Crippen LogP contribution in [0.25, 0.3) is 0 Å². The van der Waals surface area contributed by atoms with Crippen molar-refractivity contribution in [2.75, 3.05) is 43.6 Å². The van der Waals surface area contributed by atoms with Crippen molar-refractivity contribution < 1.29 is 37.9 Å². The van der Waals surface area contributed by atoms with Gasteiger partial charge in [0, 0.05) is 31.6 Å². The van der Waals surface area contributed by atoms with E-state index in [1.54, 1.807) is 41.5 Å². The molecule has 0 saturated carbocycles. The number of halogens is 1. The zero-order valence-electron chi connectivity index (χ0n) is 21.7. The Morgan fingerprint density at radius 2 is 1.65 bits per heavy atom. The summed E-state index contributed by atoms with van der Waals surface area (Å²) in [5, 5.41) is 35.0. The second kappa shape index (κ2) is 13.4. The molecule has 210 valence electrons. The van der Waals surface area contributed by atoms with E-state index >= 15 is 0 Å². The number of nitro benzene ring substituents is 2. The number of aliphatic hydroxyl groups excluding tert-OH is 1. The SMILES string of the molecule is CC(C)(C)OP(=O)(OCCNC(=O)c1cc([N+](=O)[O-])cc([N+](=O)[O-])c1N(CCO)CCCl)OC(C)(C)C. The maximum atomic E-state index is 13.1. The Bertz CT molecular complexity index is 1000. The average Bonchev–Trinajstić information content (AvgIpc) is 2.72. The molecule has 1 rings (SSSR count).